The van der Waals surface area contributed by atoms with Gasteiger partial charge in [0, 0.05) is 18.2 Å². The number of esters is 1. The minimum Gasteiger partial charge on any atom is -0.467 e. The largest absolute Gasteiger partial charge is 0.467 e. The first kappa shape index (κ1) is 18.2. The van der Waals surface area contributed by atoms with Crippen LogP contribution in [0.5, 0.6) is 5.75 Å². The Morgan fingerprint density at radius 1 is 1.25 bits per heavy atom. The number of rotatable bonds is 5. The monoisotopic (exact) mass is 387 g/mol. The van der Waals surface area contributed by atoms with Gasteiger partial charge >= 0.3 is 12.1 Å². The van der Waals surface area contributed by atoms with Crippen molar-refractivity contribution in [2.45, 2.75) is 19.3 Å². The third-order valence-electron chi connectivity index (χ3n) is 4.50. The highest BCUT2D eigenvalue weighted by Crippen LogP contribution is 2.29. The molecule has 7 nitrogen and oxygen atoms in total. The fourth-order valence-corrected chi connectivity index (χ4v) is 3.16. The van der Waals surface area contributed by atoms with E-state index in [1.54, 1.807) is 4.90 Å². The molecule has 0 spiro atoms. The molecule has 0 radical (unpaired) electrons. The summed E-state index contributed by atoms with van der Waals surface area (Å²) in [6, 6.07) is 11.8. The standard InChI is InChI=1S/C20H18FNO6/c21-14-6-16(17-11-25-12-27-18(17)7-14)19(23)26-10-15-9-22(20(24)28-15)8-13-4-2-1-3-5-13/h1-7,15H,8-12H2/t15-/m0/s1. The van der Waals surface area contributed by atoms with Crippen molar-refractivity contribution in [3.8, 4) is 5.75 Å². The number of nitrogens with zero attached hydrogens (tertiary/aromatic N) is 1. The molecule has 1 fully saturated rings. The fraction of sp³-hybridized carbons (Fsp3) is 0.300. The van der Waals surface area contributed by atoms with E-state index in [9.17, 15) is 14.0 Å². The number of cyclic esters (lactones) is 1. The van der Waals surface area contributed by atoms with Crippen molar-refractivity contribution < 1.29 is 32.9 Å². The van der Waals surface area contributed by atoms with Gasteiger partial charge in [0.1, 0.15) is 18.2 Å². The predicted molar refractivity (Wildman–Crippen MR) is 94.1 cm³/mol. The van der Waals surface area contributed by atoms with Crippen LogP contribution in [0, 0.1) is 5.82 Å². The summed E-state index contributed by atoms with van der Waals surface area (Å²) in [6.45, 7) is 0.719. The molecule has 0 aromatic heterocycles. The number of amides is 1. The number of fused-ring (bicyclic) bond motifs is 1. The van der Waals surface area contributed by atoms with Crippen LogP contribution in [0.3, 0.4) is 0 Å². The molecule has 2 aromatic carbocycles. The second kappa shape index (κ2) is 7.85. The maximum atomic E-state index is 13.8. The predicted octanol–water partition coefficient (Wildman–Crippen LogP) is 2.87. The highest BCUT2D eigenvalue weighted by molar-refractivity contribution is 5.92. The molecule has 146 valence electrons. The number of benzene rings is 2. The van der Waals surface area contributed by atoms with Gasteiger partial charge in [0.2, 0.25) is 0 Å². The first-order chi connectivity index (χ1) is 13.6. The number of hydrogen-bond acceptors (Lipinski definition) is 6. The van der Waals surface area contributed by atoms with Crippen LogP contribution in [-0.2, 0) is 27.4 Å². The summed E-state index contributed by atoms with van der Waals surface area (Å²) >= 11 is 0. The Morgan fingerprint density at radius 2 is 2.07 bits per heavy atom. The van der Waals surface area contributed by atoms with E-state index in [0.29, 0.717) is 18.7 Å². The zero-order valence-corrected chi connectivity index (χ0v) is 14.9. The highest BCUT2D eigenvalue weighted by Gasteiger charge is 2.32. The van der Waals surface area contributed by atoms with Crippen molar-refractivity contribution in [2.24, 2.45) is 0 Å². The second-order valence-electron chi connectivity index (χ2n) is 6.51. The quantitative estimate of drug-likeness (QED) is 0.735. The molecule has 0 N–H and O–H groups in total. The van der Waals surface area contributed by atoms with E-state index in [1.165, 1.54) is 6.07 Å². The Balaban J connectivity index is 1.37. The number of ether oxygens (including phenoxy) is 4. The average Bonchev–Trinajstić information content (AvgIpc) is 3.05. The van der Waals surface area contributed by atoms with E-state index in [0.717, 1.165) is 11.6 Å². The normalized spacial score (nSPS) is 18.2. The van der Waals surface area contributed by atoms with Crippen LogP contribution in [0.1, 0.15) is 21.5 Å². The molecule has 1 amide bonds. The Hall–Kier alpha value is -3.13. The summed E-state index contributed by atoms with van der Waals surface area (Å²) in [7, 11) is 0. The average molecular weight is 387 g/mol. The van der Waals surface area contributed by atoms with E-state index in [2.05, 4.69) is 0 Å². The summed E-state index contributed by atoms with van der Waals surface area (Å²) in [5.74, 6) is -1.06. The van der Waals surface area contributed by atoms with Crippen LogP contribution in [-0.4, -0.2) is 43.0 Å². The first-order valence-corrected chi connectivity index (χ1v) is 8.80. The van der Waals surface area contributed by atoms with Gasteiger partial charge in [0.25, 0.3) is 0 Å². The van der Waals surface area contributed by atoms with Gasteiger partial charge in [-0.1, -0.05) is 30.3 Å². The first-order valence-electron chi connectivity index (χ1n) is 8.80. The Bertz CT molecular complexity index is 888. The lowest BCUT2D eigenvalue weighted by Crippen LogP contribution is -2.27. The zero-order chi connectivity index (χ0) is 19.5. The SMILES string of the molecule is O=C(OC[C@@H]1CN(Cc2ccccc2)C(=O)O1)c1cc(F)cc2c1COCO2. The molecule has 1 atom stereocenters. The van der Waals surface area contributed by atoms with Crippen molar-refractivity contribution in [1.82, 2.24) is 4.90 Å². The van der Waals surface area contributed by atoms with Crippen molar-refractivity contribution in [1.29, 1.82) is 0 Å². The van der Waals surface area contributed by atoms with Crippen LogP contribution in [0.4, 0.5) is 9.18 Å². The highest BCUT2D eigenvalue weighted by atomic mass is 19.1. The second-order valence-corrected chi connectivity index (χ2v) is 6.51. The molecule has 2 heterocycles. The lowest BCUT2D eigenvalue weighted by Gasteiger charge is -2.20. The zero-order valence-electron chi connectivity index (χ0n) is 14.9. The van der Waals surface area contributed by atoms with Crippen LogP contribution < -0.4 is 4.74 Å². The van der Waals surface area contributed by atoms with Crippen molar-refractivity contribution >= 4 is 12.1 Å². The number of carbonyl (C=O) groups excluding carboxylic acids is 2. The third kappa shape index (κ3) is 3.91. The molecule has 2 aliphatic heterocycles. The maximum absolute atomic E-state index is 13.8. The molecule has 8 heteroatoms. The molecule has 2 aromatic rings. The lowest BCUT2D eigenvalue weighted by molar-refractivity contribution is -0.0177. The van der Waals surface area contributed by atoms with Crippen molar-refractivity contribution in [2.75, 3.05) is 19.9 Å². The number of hydrogen-bond donors (Lipinski definition) is 0. The molecule has 0 bridgehead atoms. The minimum absolute atomic E-state index is 0.000214. The van der Waals surface area contributed by atoms with Gasteiger partial charge in [-0.2, -0.15) is 0 Å². The molecule has 4 rings (SSSR count). The van der Waals surface area contributed by atoms with E-state index >= 15 is 0 Å². The van der Waals surface area contributed by atoms with E-state index < -0.39 is 24.0 Å². The van der Waals surface area contributed by atoms with Gasteiger partial charge in [0.15, 0.2) is 12.9 Å². The van der Waals surface area contributed by atoms with Crippen LogP contribution >= 0.6 is 0 Å². The van der Waals surface area contributed by atoms with Gasteiger partial charge in [-0.3, -0.25) is 0 Å². The van der Waals surface area contributed by atoms with Crippen LogP contribution in [0.15, 0.2) is 42.5 Å². The van der Waals surface area contributed by atoms with Gasteiger partial charge in [-0.15, -0.1) is 0 Å². The van der Waals surface area contributed by atoms with Crippen molar-refractivity contribution in [3.05, 3.63) is 65.0 Å². The fourth-order valence-electron chi connectivity index (χ4n) is 3.16. The van der Waals surface area contributed by atoms with Gasteiger partial charge in [-0.25, -0.2) is 14.0 Å². The lowest BCUT2D eigenvalue weighted by atomic mass is 10.1. The molecule has 0 aliphatic carbocycles. The summed E-state index contributed by atoms with van der Waals surface area (Å²) in [4.78, 5) is 26.0. The molecule has 2 aliphatic rings. The Labute approximate surface area is 160 Å². The van der Waals surface area contributed by atoms with E-state index in [-0.39, 0.29) is 31.3 Å². The van der Waals surface area contributed by atoms with Crippen LogP contribution in [0.25, 0.3) is 0 Å². The Kier molecular flexibility index (Phi) is 5.12. The molecule has 1 saturated heterocycles. The van der Waals surface area contributed by atoms with Gasteiger partial charge < -0.3 is 23.8 Å². The molecular weight excluding hydrogens is 369 g/mol. The number of carbonyl (C=O) groups is 2. The molecule has 0 saturated carbocycles. The van der Waals surface area contributed by atoms with Crippen molar-refractivity contribution in [3.63, 3.8) is 0 Å². The topological polar surface area (TPSA) is 74.3 Å². The van der Waals surface area contributed by atoms with Gasteiger partial charge in [0.05, 0.1) is 18.7 Å². The number of halogens is 1. The summed E-state index contributed by atoms with van der Waals surface area (Å²) in [5.41, 5.74) is 1.45. The Morgan fingerprint density at radius 3 is 2.89 bits per heavy atom. The summed E-state index contributed by atoms with van der Waals surface area (Å²) < 4.78 is 34.6. The summed E-state index contributed by atoms with van der Waals surface area (Å²) in [5, 5.41) is 0. The molecule has 0 unspecified atom stereocenters. The van der Waals surface area contributed by atoms with E-state index in [4.69, 9.17) is 18.9 Å². The van der Waals surface area contributed by atoms with Gasteiger partial charge in [-0.05, 0) is 11.6 Å². The van der Waals surface area contributed by atoms with Crippen LogP contribution in [0.2, 0.25) is 0 Å². The molecular formula is C20H18FNO6. The smallest absolute Gasteiger partial charge is 0.410 e. The summed E-state index contributed by atoms with van der Waals surface area (Å²) in [6.07, 6.45) is -1.05. The molecule has 28 heavy (non-hydrogen) atoms. The third-order valence-corrected chi connectivity index (χ3v) is 4.50. The van der Waals surface area contributed by atoms with E-state index in [1.807, 2.05) is 30.3 Å². The maximum Gasteiger partial charge on any atom is 0.410 e. The minimum atomic E-state index is -0.720.